The first-order chi connectivity index (χ1) is 8.09. The number of amides is 3. The van der Waals surface area contributed by atoms with E-state index in [1.165, 1.54) is 18.4 Å². The molecule has 0 spiro atoms. The quantitative estimate of drug-likeness (QED) is 0.785. The zero-order valence-electron chi connectivity index (χ0n) is 9.30. The number of nitrogens with one attached hydrogen (secondary N) is 1. The smallest absolute Gasteiger partial charge is 0.261 e. The average molecular weight is 252 g/mol. The molecule has 5 nitrogen and oxygen atoms in total. The molecule has 0 saturated carbocycles. The summed E-state index contributed by atoms with van der Waals surface area (Å²) in [6, 6.07) is 2.88. The van der Waals surface area contributed by atoms with Gasteiger partial charge < -0.3 is 5.32 Å². The molecule has 0 radical (unpaired) electrons. The van der Waals surface area contributed by atoms with E-state index >= 15 is 0 Å². The third-order valence-electron chi connectivity index (χ3n) is 2.70. The van der Waals surface area contributed by atoms with Crippen LogP contribution < -0.4 is 5.32 Å². The summed E-state index contributed by atoms with van der Waals surface area (Å²) in [4.78, 5) is 36.4. The third kappa shape index (κ3) is 2.36. The largest absolute Gasteiger partial charge is 0.340 e. The summed E-state index contributed by atoms with van der Waals surface area (Å²) in [5.74, 6) is -0.802. The Bertz CT molecular complexity index is 455. The van der Waals surface area contributed by atoms with Crippen LogP contribution in [0.25, 0.3) is 0 Å². The van der Waals surface area contributed by atoms with Gasteiger partial charge in [0.25, 0.3) is 11.8 Å². The number of thiophene rings is 1. The minimum atomic E-state index is -0.590. The van der Waals surface area contributed by atoms with Crippen LogP contribution in [0, 0.1) is 0 Å². The zero-order valence-corrected chi connectivity index (χ0v) is 10.1. The van der Waals surface area contributed by atoms with Crippen molar-refractivity contribution in [3.05, 3.63) is 22.4 Å². The predicted molar refractivity (Wildman–Crippen MR) is 62.6 cm³/mol. The van der Waals surface area contributed by atoms with Gasteiger partial charge in [0, 0.05) is 13.5 Å². The van der Waals surface area contributed by atoms with Gasteiger partial charge >= 0.3 is 0 Å². The van der Waals surface area contributed by atoms with Crippen molar-refractivity contribution in [3.63, 3.8) is 0 Å². The number of likely N-dealkylation sites (N-methyl/N-ethyl adjacent to an activating group) is 1. The molecule has 1 atom stereocenters. The fraction of sp³-hybridized carbons (Fsp3) is 0.364. The molecule has 1 N–H and O–H groups in total. The number of likely N-dealkylation sites (tertiary alicyclic amines) is 1. The standard InChI is InChI=1S/C11H12N2O3S/c1-13-9(14)5-4-7(11(13)16)12-10(15)8-3-2-6-17-8/h2-3,6-7H,4-5H2,1H3,(H,12,15). The van der Waals surface area contributed by atoms with Gasteiger partial charge in [0.05, 0.1) is 4.88 Å². The SMILES string of the molecule is CN1C(=O)CCC(NC(=O)c2cccs2)C1=O. The second kappa shape index (κ2) is 4.67. The molecule has 1 aromatic heterocycles. The molecule has 1 aliphatic heterocycles. The first-order valence-electron chi connectivity index (χ1n) is 5.24. The molecule has 1 fully saturated rings. The van der Waals surface area contributed by atoms with Gasteiger partial charge in [-0.25, -0.2) is 0 Å². The monoisotopic (exact) mass is 252 g/mol. The van der Waals surface area contributed by atoms with Crippen LogP contribution in [-0.4, -0.2) is 35.7 Å². The lowest BCUT2D eigenvalue weighted by Gasteiger charge is -2.27. The van der Waals surface area contributed by atoms with Crippen molar-refractivity contribution >= 4 is 29.1 Å². The normalized spacial score (nSPS) is 20.5. The molecule has 17 heavy (non-hydrogen) atoms. The van der Waals surface area contributed by atoms with Gasteiger partial charge in [-0.3, -0.25) is 19.3 Å². The lowest BCUT2D eigenvalue weighted by Crippen LogP contribution is -2.52. The van der Waals surface area contributed by atoms with Gasteiger partial charge in [-0.05, 0) is 17.9 Å². The summed E-state index contributed by atoms with van der Waals surface area (Å²) < 4.78 is 0. The molecule has 1 aliphatic rings. The Morgan fingerprint density at radius 1 is 1.53 bits per heavy atom. The van der Waals surface area contributed by atoms with Gasteiger partial charge in [0.1, 0.15) is 6.04 Å². The van der Waals surface area contributed by atoms with E-state index in [-0.39, 0.29) is 24.1 Å². The van der Waals surface area contributed by atoms with Crippen molar-refractivity contribution in [1.82, 2.24) is 10.2 Å². The van der Waals surface area contributed by atoms with Crippen molar-refractivity contribution < 1.29 is 14.4 Å². The Morgan fingerprint density at radius 3 is 2.94 bits per heavy atom. The highest BCUT2D eigenvalue weighted by Gasteiger charge is 2.32. The van der Waals surface area contributed by atoms with Crippen LogP contribution in [0.4, 0.5) is 0 Å². The molecule has 0 bridgehead atoms. The number of carbonyl (C=O) groups is 3. The molecule has 6 heteroatoms. The molecular weight excluding hydrogens is 240 g/mol. The van der Waals surface area contributed by atoms with E-state index in [0.29, 0.717) is 11.3 Å². The molecular formula is C11H12N2O3S. The maximum Gasteiger partial charge on any atom is 0.261 e. The topological polar surface area (TPSA) is 66.5 Å². The van der Waals surface area contributed by atoms with Gasteiger partial charge in [-0.15, -0.1) is 11.3 Å². The van der Waals surface area contributed by atoms with E-state index in [4.69, 9.17) is 0 Å². The van der Waals surface area contributed by atoms with Crippen LogP contribution in [0.1, 0.15) is 22.5 Å². The van der Waals surface area contributed by atoms with Crippen LogP contribution in [0.3, 0.4) is 0 Å². The highest BCUT2D eigenvalue weighted by Crippen LogP contribution is 2.13. The number of hydrogen-bond donors (Lipinski definition) is 1. The van der Waals surface area contributed by atoms with Crippen molar-refractivity contribution in [2.75, 3.05) is 7.05 Å². The van der Waals surface area contributed by atoms with Crippen molar-refractivity contribution in [3.8, 4) is 0 Å². The summed E-state index contributed by atoms with van der Waals surface area (Å²) in [5, 5.41) is 4.45. The van der Waals surface area contributed by atoms with Crippen molar-refractivity contribution in [2.24, 2.45) is 0 Å². The number of carbonyl (C=O) groups excluding carboxylic acids is 3. The number of rotatable bonds is 2. The molecule has 0 aromatic carbocycles. The first kappa shape index (κ1) is 11.8. The highest BCUT2D eigenvalue weighted by molar-refractivity contribution is 7.12. The van der Waals surface area contributed by atoms with Crippen LogP contribution in [0.2, 0.25) is 0 Å². The third-order valence-corrected chi connectivity index (χ3v) is 3.57. The Balaban J connectivity index is 2.02. The Hall–Kier alpha value is -1.69. The molecule has 90 valence electrons. The van der Waals surface area contributed by atoms with E-state index in [2.05, 4.69) is 5.32 Å². The number of nitrogens with zero attached hydrogens (tertiary/aromatic N) is 1. The number of piperidine rings is 1. The second-order valence-corrected chi connectivity index (χ2v) is 4.78. The minimum Gasteiger partial charge on any atom is -0.340 e. The molecule has 2 rings (SSSR count). The van der Waals surface area contributed by atoms with E-state index < -0.39 is 6.04 Å². The lowest BCUT2D eigenvalue weighted by atomic mass is 10.0. The minimum absolute atomic E-state index is 0.198. The van der Waals surface area contributed by atoms with Crippen LogP contribution in [0.15, 0.2) is 17.5 Å². The Kier molecular flexibility index (Phi) is 3.23. The van der Waals surface area contributed by atoms with Crippen LogP contribution in [-0.2, 0) is 9.59 Å². The summed E-state index contributed by atoms with van der Waals surface area (Å²) in [6.45, 7) is 0. The summed E-state index contributed by atoms with van der Waals surface area (Å²) >= 11 is 1.32. The van der Waals surface area contributed by atoms with Crippen LogP contribution >= 0.6 is 11.3 Å². The molecule has 1 unspecified atom stereocenters. The van der Waals surface area contributed by atoms with Crippen molar-refractivity contribution in [2.45, 2.75) is 18.9 Å². The predicted octanol–water partition coefficient (Wildman–Crippen LogP) is 0.625. The maximum atomic E-state index is 11.8. The molecule has 0 aliphatic carbocycles. The number of imide groups is 1. The fourth-order valence-corrected chi connectivity index (χ4v) is 2.31. The molecule has 1 saturated heterocycles. The second-order valence-electron chi connectivity index (χ2n) is 3.83. The maximum absolute atomic E-state index is 11.8. The fourth-order valence-electron chi connectivity index (χ4n) is 1.69. The van der Waals surface area contributed by atoms with Gasteiger partial charge in [-0.2, -0.15) is 0 Å². The van der Waals surface area contributed by atoms with E-state index in [1.54, 1.807) is 17.5 Å². The highest BCUT2D eigenvalue weighted by atomic mass is 32.1. The van der Waals surface area contributed by atoms with Gasteiger partial charge in [-0.1, -0.05) is 6.07 Å². The first-order valence-corrected chi connectivity index (χ1v) is 6.12. The molecule has 2 heterocycles. The van der Waals surface area contributed by atoms with E-state index in [0.717, 1.165) is 4.90 Å². The summed E-state index contributed by atoms with van der Waals surface area (Å²) in [5.41, 5.74) is 0. The zero-order chi connectivity index (χ0) is 12.4. The summed E-state index contributed by atoms with van der Waals surface area (Å²) in [7, 11) is 1.44. The number of hydrogen-bond acceptors (Lipinski definition) is 4. The molecule has 1 aromatic rings. The van der Waals surface area contributed by atoms with Crippen LogP contribution in [0.5, 0.6) is 0 Å². The Morgan fingerprint density at radius 2 is 2.29 bits per heavy atom. The molecule has 3 amide bonds. The van der Waals surface area contributed by atoms with E-state index in [9.17, 15) is 14.4 Å². The van der Waals surface area contributed by atoms with Gasteiger partial charge in [0.15, 0.2) is 0 Å². The Labute approximate surface area is 102 Å². The summed E-state index contributed by atoms with van der Waals surface area (Å²) in [6.07, 6.45) is 0.663. The van der Waals surface area contributed by atoms with Crippen molar-refractivity contribution in [1.29, 1.82) is 0 Å². The van der Waals surface area contributed by atoms with E-state index in [1.807, 2.05) is 0 Å². The lowest BCUT2D eigenvalue weighted by molar-refractivity contribution is -0.147. The average Bonchev–Trinajstić information content (AvgIpc) is 2.83. The van der Waals surface area contributed by atoms with Gasteiger partial charge in [0.2, 0.25) is 5.91 Å².